The average molecular weight is 319 g/mol. The summed E-state index contributed by atoms with van der Waals surface area (Å²) < 4.78 is 0. The summed E-state index contributed by atoms with van der Waals surface area (Å²) in [5.74, 6) is 0.422. The molecule has 1 saturated carbocycles. The van der Waals surface area contributed by atoms with Gasteiger partial charge in [0.15, 0.2) is 5.78 Å². The van der Waals surface area contributed by atoms with Gasteiger partial charge in [0.25, 0.3) is 0 Å². The van der Waals surface area contributed by atoms with Crippen molar-refractivity contribution in [2.75, 3.05) is 18.5 Å². The highest BCUT2D eigenvalue weighted by Gasteiger charge is 2.27. The number of allylic oxidation sites excluding steroid dienone is 1. The molecule has 1 atom stereocenters. The van der Waals surface area contributed by atoms with Crippen molar-refractivity contribution < 1.29 is 4.79 Å². The summed E-state index contributed by atoms with van der Waals surface area (Å²) in [5, 5.41) is 0. The van der Waals surface area contributed by atoms with E-state index in [0.717, 1.165) is 36.9 Å². The van der Waals surface area contributed by atoms with E-state index in [-0.39, 0.29) is 5.92 Å². The molecular formula is C22H25NO. The fraction of sp³-hybridized carbons (Fsp3) is 0.318. The molecule has 2 heteroatoms. The third-order valence-corrected chi connectivity index (χ3v) is 4.80. The highest BCUT2D eigenvalue weighted by atomic mass is 16.1. The maximum absolute atomic E-state index is 12.9. The Bertz CT molecular complexity index is 715. The van der Waals surface area contributed by atoms with Gasteiger partial charge in [0.1, 0.15) is 0 Å². The van der Waals surface area contributed by atoms with Gasteiger partial charge in [-0.3, -0.25) is 4.79 Å². The summed E-state index contributed by atoms with van der Waals surface area (Å²) in [6.07, 6.45) is 5.06. The van der Waals surface area contributed by atoms with E-state index in [1.54, 1.807) is 0 Å². The molecule has 0 amide bonds. The highest BCUT2D eigenvalue weighted by Crippen LogP contribution is 2.28. The number of hydrogen-bond donors (Lipinski definition) is 0. The van der Waals surface area contributed by atoms with E-state index >= 15 is 0 Å². The summed E-state index contributed by atoms with van der Waals surface area (Å²) in [4.78, 5) is 15.1. The molecule has 2 nitrogen and oxygen atoms in total. The van der Waals surface area contributed by atoms with Gasteiger partial charge in [-0.2, -0.15) is 0 Å². The topological polar surface area (TPSA) is 20.3 Å². The van der Waals surface area contributed by atoms with Crippen molar-refractivity contribution in [2.45, 2.75) is 26.2 Å². The lowest BCUT2D eigenvalue weighted by atomic mass is 9.83. The van der Waals surface area contributed by atoms with Crippen LogP contribution in [-0.4, -0.2) is 19.4 Å². The number of para-hydroxylation sites is 1. The zero-order valence-electron chi connectivity index (χ0n) is 14.5. The van der Waals surface area contributed by atoms with Crippen molar-refractivity contribution in [1.29, 1.82) is 0 Å². The van der Waals surface area contributed by atoms with Gasteiger partial charge < -0.3 is 4.90 Å². The van der Waals surface area contributed by atoms with Crippen LogP contribution in [-0.2, 0) is 4.79 Å². The molecule has 0 radical (unpaired) electrons. The van der Waals surface area contributed by atoms with E-state index in [2.05, 4.69) is 61.3 Å². The van der Waals surface area contributed by atoms with Crippen molar-refractivity contribution in [3.8, 4) is 0 Å². The Hall–Kier alpha value is -2.35. The Labute approximate surface area is 144 Å². The summed E-state index contributed by atoms with van der Waals surface area (Å²) >= 11 is 0. The molecule has 2 aromatic rings. The molecule has 0 heterocycles. The molecule has 1 unspecified atom stereocenters. The molecule has 0 spiro atoms. The van der Waals surface area contributed by atoms with Crippen LogP contribution in [0.2, 0.25) is 0 Å². The number of Topliss-reactive ketones (excluding diaryl/α,β-unsaturated/α-hetero) is 1. The molecule has 0 bridgehead atoms. The molecule has 3 rings (SSSR count). The first-order valence-corrected chi connectivity index (χ1v) is 8.71. The standard InChI is InChI=1S/C22H25NO/c1-17-11-13-18(14-12-17)15-19-7-6-8-20(22(19)24)16-23(2)21-9-4-3-5-10-21/h3-5,9-15,20H,6-8,16H2,1-2H3/b19-15+. The second-order valence-corrected chi connectivity index (χ2v) is 6.75. The number of rotatable bonds is 4. The van der Waals surface area contributed by atoms with Crippen molar-refractivity contribution in [3.05, 3.63) is 71.3 Å². The third kappa shape index (κ3) is 3.94. The van der Waals surface area contributed by atoms with Gasteiger partial charge in [0.2, 0.25) is 0 Å². The Morgan fingerprint density at radius 2 is 1.79 bits per heavy atom. The molecule has 1 aliphatic carbocycles. The predicted octanol–water partition coefficient (Wildman–Crippen LogP) is 4.88. The summed E-state index contributed by atoms with van der Waals surface area (Å²) in [6.45, 7) is 2.87. The maximum atomic E-state index is 12.9. The number of carbonyl (C=O) groups excluding carboxylic acids is 1. The lowest BCUT2D eigenvalue weighted by Crippen LogP contribution is -2.33. The summed E-state index contributed by atoms with van der Waals surface area (Å²) in [5.41, 5.74) is 4.52. The largest absolute Gasteiger partial charge is 0.374 e. The minimum Gasteiger partial charge on any atom is -0.374 e. The first-order valence-electron chi connectivity index (χ1n) is 8.71. The lowest BCUT2D eigenvalue weighted by molar-refractivity contribution is -0.120. The zero-order valence-corrected chi connectivity index (χ0v) is 14.5. The van der Waals surface area contributed by atoms with E-state index in [4.69, 9.17) is 0 Å². The lowest BCUT2D eigenvalue weighted by Gasteiger charge is -2.28. The van der Waals surface area contributed by atoms with E-state index in [1.807, 2.05) is 18.2 Å². The Morgan fingerprint density at radius 1 is 1.08 bits per heavy atom. The fourth-order valence-electron chi connectivity index (χ4n) is 3.36. The number of ketones is 1. The van der Waals surface area contributed by atoms with Crippen molar-refractivity contribution in [3.63, 3.8) is 0 Å². The predicted molar refractivity (Wildman–Crippen MR) is 101 cm³/mol. The molecule has 2 aromatic carbocycles. The van der Waals surface area contributed by atoms with E-state index in [1.165, 1.54) is 11.3 Å². The van der Waals surface area contributed by atoms with Gasteiger partial charge in [-0.25, -0.2) is 0 Å². The molecule has 0 aromatic heterocycles. The van der Waals surface area contributed by atoms with Gasteiger partial charge in [-0.05, 0) is 55.5 Å². The summed E-state index contributed by atoms with van der Waals surface area (Å²) in [6, 6.07) is 18.7. The average Bonchev–Trinajstić information content (AvgIpc) is 2.61. The van der Waals surface area contributed by atoms with Crippen LogP contribution in [0.5, 0.6) is 0 Å². The minimum atomic E-state index is 0.0978. The van der Waals surface area contributed by atoms with Gasteiger partial charge in [-0.1, -0.05) is 48.0 Å². The first kappa shape index (κ1) is 16.5. The third-order valence-electron chi connectivity index (χ3n) is 4.80. The van der Waals surface area contributed by atoms with Crippen molar-refractivity contribution >= 4 is 17.5 Å². The van der Waals surface area contributed by atoms with Crippen LogP contribution in [0.3, 0.4) is 0 Å². The van der Waals surface area contributed by atoms with Crippen LogP contribution in [0, 0.1) is 12.8 Å². The SMILES string of the molecule is Cc1ccc(/C=C2\CCCC(CN(C)c3ccccc3)C2=O)cc1. The molecule has 1 aliphatic rings. The number of anilines is 1. The van der Waals surface area contributed by atoms with Gasteiger partial charge in [-0.15, -0.1) is 0 Å². The molecule has 0 aliphatic heterocycles. The number of aryl methyl sites for hydroxylation is 1. The van der Waals surface area contributed by atoms with Crippen LogP contribution in [0.15, 0.2) is 60.2 Å². The van der Waals surface area contributed by atoms with Gasteiger partial charge in [0.05, 0.1) is 0 Å². The second kappa shape index (κ2) is 7.48. The number of nitrogens with zero attached hydrogens (tertiary/aromatic N) is 1. The van der Waals surface area contributed by atoms with Crippen molar-refractivity contribution in [1.82, 2.24) is 0 Å². The van der Waals surface area contributed by atoms with Gasteiger partial charge >= 0.3 is 0 Å². The second-order valence-electron chi connectivity index (χ2n) is 6.75. The molecule has 24 heavy (non-hydrogen) atoms. The Morgan fingerprint density at radius 3 is 2.50 bits per heavy atom. The fourth-order valence-corrected chi connectivity index (χ4v) is 3.36. The zero-order chi connectivity index (χ0) is 16.9. The summed E-state index contributed by atoms with van der Waals surface area (Å²) in [7, 11) is 2.07. The maximum Gasteiger partial charge on any atom is 0.163 e. The van der Waals surface area contributed by atoms with Crippen LogP contribution in [0.1, 0.15) is 30.4 Å². The molecule has 0 saturated heterocycles. The van der Waals surface area contributed by atoms with Crippen LogP contribution >= 0.6 is 0 Å². The quantitative estimate of drug-likeness (QED) is 0.748. The molecule has 124 valence electrons. The van der Waals surface area contributed by atoms with E-state index < -0.39 is 0 Å². The smallest absolute Gasteiger partial charge is 0.163 e. The Kier molecular flexibility index (Phi) is 5.14. The number of hydrogen-bond acceptors (Lipinski definition) is 2. The van der Waals surface area contributed by atoms with Crippen molar-refractivity contribution in [2.24, 2.45) is 5.92 Å². The number of carbonyl (C=O) groups is 1. The minimum absolute atomic E-state index is 0.0978. The molecular weight excluding hydrogens is 294 g/mol. The Balaban J connectivity index is 1.72. The van der Waals surface area contributed by atoms with Crippen LogP contribution in [0.25, 0.3) is 6.08 Å². The monoisotopic (exact) mass is 319 g/mol. The first-order chi connectivity index (χ1) is 11.6. The molecule has 1 fully saturated rings. The van der Waals surface area contributed by atoms with Crippen LogP contribution in [0.4, 0.5) is 5.69 Å². The number of benzene rings is 2. The van der Waals surface area contributed by atoms with E-state index in [0.29, 0.717) is 5.78 Å². The normalized spacial score (nSPS) is 19.5. The van der Waals surface area contributed by atoms with E-state index in [9.17, 15) is 4.79 Å². The highest BCUT2D eigenvalue weighted by molar-refractivity contribution is 6.02. The van der Waals surface area contributed by atoms with Gasteiger partial charge in [0, 0.05) is 25.2 Å². The van der Waals surface area contributed by atoms with Crippen LogP contribution < -0.4 is 4.90 Å². The molecule has 0 N–H and O–H groups in total.